The van der Waals surface area contributed by atoms with E-state index in [9.17, 15) is 15.2 Å². The van der Waals surface area contributed by atoms with E-state index in [1.165, 1.54) is 11.9 Å². The van der Waals surface area contributed by atoms with E-state index in [1.807, 2.05) is 18.2 Å². The molecule has 2 heterocycles. The van der Waals surface area contributed by atoms with E-state index in [-0.39, 0.29) is 0 Å². The largest absolute Gasteiger partial charge is 0.384 e. The summed E-state index contributed by atoms with van der Waals surface area (Å²) in [4.78, 5) is 26.8. The van der Waals surface area contributed by atoms with Gasteiger partial charge in [0.1, 0.15) is 5.60 Å². The first-order valence-electron chi connectivity index (χ1n) is 12.0. The van der Waals surface area contributed by atoms with Gasteiger partial charge in [-0.1, -0.05) is 13.3 Å². The van der Waals surface area contributed by atoms with Crippen molar-refractivity contribution in [3.05, 3.63) is 41.9 Å². The van der Waals surface area contributed by atoms with Crippen LogP contribution in [-0.4, -0.2) is 48.3 Å². The Morgan fingerprint density at radius 2 is 2.06 bits per heavy atom. The number of hydrogen-bond donors (Lipinski definition) is 1. The van der Waals surface area contributed by atoms with Gasteiger partial charge in [0.2, 0.25) is 6.41 Å². The number of amides is 1. The third kappa shape index (κ3) is 5.00. The van der Waals surface area contributed by atoms with Gasteiger partial charge < -0.3 is 14.9 Å². The Morgan fingerprint density at radius 3 is 2.71 bits per heavy atom. The molecular weight excluding hydrogens is 428 g/mol. The minimum atomic E-state index is -1.07. The summed E-state index contributed by atoms with van der Waals surface area (Å²) in [7, 11) is 2.09. The molecule has 0 radical (unpaired) electrons. The Morgan fingerprint density at radius 1 is 1.26 bits per heavy atom. The molecule has 2 aliphatic rings. The SMILES string of the molecule is C[C@H]1CCC(CN(C=O)c2cnc(C(C)(C)O)cn2)C[C@H]1CN1CN(C)c2ccc(C#N)cc21. The highest BCUT2D eigenvalue weighted by Crippen LogP contribution is 2.40. The summed E-state index contributed by atoms with van der Waals surface area (Å²) < 4.78 is 0. The number of aliphatic hydroxyl groups is 1. The molecule has 1 aliphatic carbocycles. The zero-order valence-corrected chi connectivity index (χ0v) is 20.5. The van der Waals surface area contributed by atoms with Crippen molar-refractivity contribution in [1.29, 1.82) is 5.26 Å². The summed E-state index contributed by atoms with van der Waals surface area (Å²) in [5.74, 6) is 1.99. The van der Waals surface area contributed by atoms with Crippen LogP contribution >= 0.6 is 0 Å². The van der Waals surface area contributed by atoms with Gasteiger partial charge in [-0.05, 0) is 62.6 Å². The lowest BCUT2D eigenvalue weighted by molar-refractivity contribution is -0.107. The number of carbonyl (C=O) groups is 1. The lowest BCUT2D eigenvalue weighted by atomic mass is 9.74. The van der Waals surface area contributed by atoms with Crippen LogP contribution in [0.2, 0.25) is 0 Å². The average molecular weight is 463 g/mol. The van der Waals surface area contributed by atoms with Crippen LogP contribution < -0.4 is 14.7 Å². The number of nitriles is 1. The fourth-order valence-electron chi connectivity index (χ4n) is 5.20. The molecule has 180 valence electrons. The molecule has 1 aliphatic heterocycles. The van der Waals surface area contributed by atoms with Gasteiger partial charge in [-0.3, -0.25) is 14.7 Å². The van der Waals surface area contributed by atoms with E-state index in [0.717, 1.165) is 44.6 Å². The highest BCUT2D eigenvalue weighted by Gasteiger charge is 2.33. The summed E-state index contributed by atoms with van der Waals surface area (Å²) in [6.45, 7) is 8.01. The molecule has 1 fully saturated rings. The van der Waals surface area contributed by atoms with Crippen molar-refractivity contribution in [2.24, 2.45) is 17.8 Å². The molecule has 1 saturated carbocycles. The summed E-state index contributed by atoms with van der Waals surface area (Å²) >= 11 is 0. The molecule has 2 aromatic rings. The van der Waals surface area contributed by atoms with Crippen LogP contribution in [0, 0.1) is 29.1 Å². The molecule has 0 bridgehead atoms. The molecule has 1 N–H and O–H groups in total. The highest BCUT2D eigenvalue weighted by molar-refractivity contribution is 5.77. The van der Waals surface area contributed by atoms with Crippen molar-refractivity contribution in [1.82, 2.24) is 9.97 Å². The van der Waals surface area contributed by atoms with Crippen molar-refractivity contribution in [3.63, 3.8) is 0 Å². The predicted molar refractivity (Wildman–Crippen MR) is 132 cm³/mol. The average Bonchev–Trinajstić information content (AvgIpc) is 3.13. The molecule has 1 aromatic heterocycles. The summed E-state index contributed by atoms with van der Waals surface area (Å²) in [5.41, 5.74) is 2.39. The molecule has 3 atom stereocenters. The number of rotatable bonds is 7. The molecule has 0 spiro atoms. The Kier molecular flexibility index (Phi) is 6.76. The third-order valence-corrected chi connectivity index (χ3v) is 7.31. The normalized spacial score (nSPS) is 22.3. The van der Waals surface area contributed by atoms with E-state index in [1.54, 1.807) is 24.9 Å². The van der Waals surface area contributed by atoms with Gasteiger partial charge in [-0.2, -0.15) is 5.26 Å². The van der Waals surface area contributed by atoms with Gasteiger partial charge in [0.15, 0.2) is 5.82 Å². The maximum Gasteiger partial charge on any atom is 0.215 e. The third-order valence-electron chi connectivity index (χ3n) is 7.31. The summed E-state index contributed by atoms with van der Waals surface area (Å²) in [6.07, 6.45) is 7.17. The fraction of sp³-hybridized carbons (Fsp3) is 0.538. The van der Waals surface area contributed by atoms with Crippen molar-refractivity contribution < 1.29 is 9.90 Å². The topological polar surface area (TPSA) is 96.6 Å². The molecule has 1 unspecified atom stereocenters. The highest BCUT2D eigenvalue weighted by atomic mass is 16.3. The van der Waals surface area contributed by atoms with Gasteiger partial charge in [-0.25, -0.2) is 4.98 Å². The van der Waals surface area contributed by atoms with Crippen molar-refractivity contribution >= 4 is 23.6 Å². The van der Waals surface area contributed by atoms with E-state index in [4.69, 9.17) is 0 Å². The standard InChI is InChI=1S/C26H34N6O2/c1-18-5-6-20(14-32(17-33)25-13-28-24(12-29-25)26(2,3)34)9-21(18)15-31-16-30(4)22-8-7-19(11-27)10-23(22)31/h7-8,10,12-13,17-18,20-21,34H,5-6,9,14-16H2,1-4H3/t18-,20?,21-/m0/s1. The summed E-state index contributed by atoms with van der Waals surface area (Å²) in [5, 5.41) is 19.4. The van der Waals surface area contributed by atoms with Crippen LogP contribution in [0.25, 0.3) is 0 Å². The summed E-state index contributed by atoms with van der Waals surface area (Å²) in [6, 6.07) is 8.16. The van der Waals surface area contributed by atoms with Gasteiger partial charge in [-0.15, -0.1) is 0 Å². The molecular formula is C26H34N6O2. The molecule has 8 nitrogen and oxygen atoms in total. The quantitative estimate of drug-likeness (QED) is 0.629. The van der Waals surface area contributed by atoms with Gasteiger partial charge in [0, 0.05) is 20.1 Å². The molecule has 1 amide bonds. The molecule has 4 rings (SSSR count). The Bertz CT molecular complexity index is 1060. The molecule has 34 heavy (non-hydrogen) atoms. The number of benzene rings is 1. The second kappa shape index (κ2) is 9.59. The number of nitrogens with zero attached hydrogens (tertiary/aromatic N) is 6. The Balaban J connectivity index is 1.43. The number of aromatic nitrogens is 2. The van der Waals surface area contributed by atoms with Gasteiger partial charge >= 0.3 is 0 Å². The zero-order valence-electron chi connectivity index (χ0n) is 20.5. The Hall–Kier alpha value is -3.18. The smallest absolute Gasteiger partial charge is 0.215 e. The van der Waals surface area contributed by atoms with Crippen molar-refractivity contribution in [2.45, 2.75) is 45.6 Å². The monoisotopic (exact) mass is 462 g/mol. The van der Waals surface area contributed by atoms with E-state index >= 15 is 0 Å². The van der Waals surface area contributed by atoms with E-state index in [2.05, 4.69) is 39.8 Å². The second-order valence-corrected chi connectivity index (χ2v) is 10.4. The van der Waals surface area contributed by atoms with Crippen LogP contribution in [-0.2, 0) is 10.4 Å². The lowest BCUT2D eigenvalue weighted by Crippen LogP contribution is -2.39. The number of carbonyl (C=O) groups excluding carboxylic acids is 1. The van der Waals surface area contributed by atoms with E-state index in [0.29, 0.717) is 41.4 Å². The van der Waals surface area contributed by atoms with Crippen LogP contribution in [0.4, 0.5) is 17.2 Å². The van der Waals surface area contributed by atoms with Crippen LogP contribution in [0.3, 0.4) is 0 Å². The van der Waals surface area contributed by atoms with Gasteiger partial charge in [0.05, 0.1) is 47.8 Å². The first kappa shape index (κ1) is 24.0. The molecule has 1 aromatic carbocycles. The minimum absolute atomic E-state index is 0.382. The van der Waals surface area contributed by atoms with E-state index < -0.39 is 5.60 Å². The van der Waals surface area contributed by atoms with Crippen LogP contribution in [0.15, 0.2) is 30.6 Å². The lowest BCUT2D eigenvalue weighted by Gasteiger charge is -2.38. The number of hydrogen-bond acceptors (Lipinski definition) is 7. The molecule has 8 heteroatoms. The zero-order chi connectivity index (χ0) is 24.5. The minimum Gasteiger partial charge on any atom is -0.384 e. The van der Waals surface area contributed by atoms with Crippen LogP contribution in [0.1, 0.15) is 51.3 Å². The van der Waals surface area contributed by atoms with Crippen LogP contribution in [0.5, 0.6) is 0 Å². The maximum absolute atomic E-state index is 11.9. The fourth-order valence-corrected chi connectivity index (χ4v) is 5.20. The van der Waals surface area contributed by atoms with Crippen molar-refractivity contribution in [3.8, 4) is 6.07 Å². The van der Waals surface area contributed by atoms with Crippen molar-refractivity contribution in [2.75, 3.05) is 41.5 Å². The number of fused-ring (bicyclic) bond motifs is 1. The Labute approximate surface area is 201 Å². The first-order chi connectivity index (χ1) is 16.2. The first-order valence-corrected chi connectivity index (χ1v) is 12.0. The molecule has 0 saturated heterocycles. The number of anilines is 3. The predicted octanol–water partition coefficient (Wildman–Crippen LogP) is 3.50. The second-order valence-electron chi connectivity index (χ2n) is 10.4. The maximum atomic E-state index is 11.9. The van der Waals surface area contributed by atoms with Gasteiger partial charge in [0.25, 0.3) is 0 Å².